The van der Waals surface area contributed by atoms with Crippen LogP contribution < -0.4 is 4.74 Å². The molecular weight excluding hydrogens is 364 g/mol. The molecule has 96 valence electrons. The summed E-state index contributed by atoms with van der Waals surface area (Å²) in [6.45, 7) is 5.53. The maximum Gasteiger partial charge on any atom is 0.328 e. The van der Waals surface area contributed by atoms with Gasteiger partial charge in [0.2, 0.25) is 0 Å². The van der Waals surface area contributed by atoms with Crippen molar-refractivity contribution >= 4 is 43.9 Å². The highest BCUT2D eigenvalue weighted by Gasteiger charge is 2.10. The van der Waals surface area contributed by atoms with Crippen LogP contribution >= 0.6 is 31.9 Å². The van der Waals surface area contributed by atoms with E-state index in [1.165, 1.54) is 6.08 Å². The first kappa shape index (κ1) is 15.0. The third kappa shape index (κ3) is 4.31. The highest BCUT2D eigenvalue weighted by atomic mass is 79.9. The maximum absolute atomic E-state index is 10.4. The molecule has 0 aliphatic rings. The Hall–Kier alpha value is -1.07. The number of carboxylic acid groups (broad SMARTS) is 1. The summed E-state index contributed by atoms with van der Waals surface area (Å²) < 4.78 is 7.15. The molecule has 0 heterocycles. The van der Waals surface area contributed by atoms with E-state index in [2.05, 4.69) is 38.4 Å². The minimum absolute atomic E-state index is 0.113. The molecule has 1 N–H and O–H groups in total. The van der Waals surface area contributed by atoms with Gasteiger partial charge >= 0.3 is 5.97 Å². The average Bonchev–Trinajstić information content (AvgIpc) is 2.30. The number of benzene rings is 1. The molecule has 0 radical (unpaired) electrons. The maximum atomic E-state index is 10.4. The fraction of sp³-hybridized carbons (Fsp3) is 0.154. The largest absolute Gasteiger partial charge is 0.484 e. The van der Waals surface area contributed by atoms with Gasteiger partial charge in [0.1, 0.15) is 11.9 Å². The third-order valence-electron chi connectivity index (χ3n) is 2.07. The van der Waals surface area contributed by atoms with Gasteiger partial charge in [0.05, 0.1) is 8.95 Å². The van der Waals surface area contributed by atoms with Crippen molar-refractivity contribution in [3.63, 3.8) is 0 Å². The first-order valence-corrected chi connectivity index (χ1v) is 6.72. The number of halogens is 2. The predicted molar refractivity (Wildman–Crippen MR) is 78.8 cm³/mol. The van der Waals surface area contributed by atoms with Crippen LogP contribution in [-0.4, -0.2) is 17.2 Å². The van der Waals surface area contributed by atoms with Gasteiger partial charge in [-0.15, -0.1) is 0 Å². The van der Waals surface area contributed by atoms with Crippen LogP contribution in [0.4, 0.5) is 0 Å². The highest BCUT2D eigenvalue weighted by Crippen LogP contribution is 2.35. The average molecular weight is 376 g/mol. The lowest BCUT2D eigenvalue weighted by atomic mass is 10.2. The SMILES string of the molecule is C=CC(C)Oc1c(Br)cc(/C=C/C(=O)O)cc1Br. The molecule has 1 aromatic rings. The minimum atomic E-state index is -0.983. The van der Waals surface area contributed by atoms with Crippen molar-refractivity contribution < 1.29 is 14.6 Å². The molecule has 1 rings (SSSR count). The molecule has 5 heteroatoms. The van der Waals surface area contributed by atoms with Gasteiger partial charge in [0, 0.05) is 6.08 Å². The summed E-state index contributed by atoms with van der Waals surface area (Å²) in [6, 6.07) is 3.57. The summed E-state index contributed by atoms with van der Waals surface area (Å²) in [5.41, 5.74) is 0.759. The molecule has 1 unspecified atom stereocenters. The van der Waals surface area contributed by atoms with Crippen molar-refractivity contribution in [3.8, 4) is 5.75 Å². The summed E-state index contributed by atoms with van der Waals surface area (Å²) in [6.07, 6.45) is 4.18. The molecular formula is C13H12Br2O3. The molecule has 0 bridgehead atoms. The normalized spacial score (nSPS) is 12.4. The van der Waals surface area contributed by atoms with E-state index in [9.17, 15) is 4.79 Å². The van der Waals surface area contributed by atoms with E-state index in [0.29, 0.717) is 5.75 Å². The molecule has 0 amide bonds. The van der Waals surface area contributed by atoms with Gasteiger partial charge in [0.15, 0.2) is 0 Å². The van der Waals surface area contributed by atoms with E-state index in [0.717, 1.165) is 20.6 Å². The van der Waals surface area contributed by atoms with E-state index in [4.69, 9.17) is 9.84 Å². The van der Waals surface area contributed by atoms with Gasteiger partial charge in [-0.1, -0.05) is 12.7 Å². The topological polar surface area (TPSA) is 46.5 Å². The second-order valence-electron chi connectivity index (χ2n) is 3.54. The van der Waals surface area contributed by atoms with Crippen LogP contribution in [0.15, 0.2) is 39.8 Å². The summed E-state index contributed by atoms with van der Waals surface area (Å²) in [4.78, 5) is 10.4. The van der Waals surface area contributed by atoms with E-state index >= 15 is 0 Å². The molecule has 0 spiro atoms. The zero-order chi connectivity index (χ0) is 13.7. The Labute approximate surface area is 122 Å². The van der Waals surface area contributed by atoms with Crippen LogP contribution in [0.5, 0.6) is 5.75 Å². The summed E-state index contributed by atoms with van der Waals surface area (Å²) in [7, 11) is 0. The van der Waals surface area contributed by atoms with Crippen molar-refractivity contribution in [2.45, 2.75) is 13.0 Å². The van der Waals surface area contributed by atoms with Gasteiger partial charge in [-0.05, 0) is 62.6 Å². The lowest BCUT2D eigenvalue weighted by Crippen LogP contribution is -2.08. The number of carbonyl (C=O) groups is 1. The Morgan fingerprint density at radius 3 is 2.44 bits per heavy atom. The second-order valence-corrected chi connectivity index (χ2v) is 5.25. The van der Waals surface area contributed by atoms with Crippen molar-refractivity contribution in [1.29, 1.82) is 0 Å². The van der Waals surface area contributed by atoms with E-state index in [1.807, 2.05) is 6.92 Å². The van der Waals surface area contributed by atoms with Crippen LogP contribution in [0.25, 0.3) is 6.08 Å². The number of rotatable bonds is 5. The number of ether oxygens (including phenoxy) is 1. The summed E-state index contributed by atoms with van der Waals surface area (Å²) in [5, 5.41) is 8.57. The van der Waals surface area contributed by atoms with Gasteiger partial charge in [-0.3, -0.25) is 0 Å². The first-order chi connectivity index (χ1) is 8.43. The second kappa shape index (κ2) is 6.75. The van der Waals surface area contributed by atoms with E-state index in [-0.39, 0.29) is 6.10 Å². The van der Waals surface area contributed by atoms with Crippen LogP contribution in [0.2, 0.25) is 0 Å². The molecule has 3 nitrogen and oxygen atoms in total. The standard InChI is InChI=1S/C13H12Br2O3/c1-3-8(2)18-13-10(14)6-9(7-11(13)15)4-5-12(16)17/h3-8H,1H2,2H3,(H,16,17)/b5-4+. The lowest BCUT2D eigenvalue weighted by Gasteiger charge is -2.14. The molecule has 0 fully saturated rings. The molecule has 0 saturated carbocycles. The lowest BCUT2D eigenvalue weighted by molar-refractivity contribution is -0.131. The Morgan fingerprint density at radius 2 is 2.00 bits per heavy atom. The zero-order valence-corrected chi connectivity index (χ0v) is 12.9. The van der Waals surface area contributed by atoms with Crippen molar-refractivity contribution in [2.75, 3.05) is 0 Å². The number of aliphatic carboxylic acids is 1. The molecule has 0 saturated heterocycles. The Balaban J connectivity index is 3.04. The van der Waals surface area contributed by atoms with Gasteiger partial charge in [-0.2, -0.15) is 0 Å². The van der Waals surface area contributed by atoms with Gasteiger partial charge < -0.3 is 9.84 Å². The quantitative estimate of drug-likeness (QED) is 0.617. The summed E-state index contributed by atoms with van der Waals surface area (Å²) in [5.74, 6) is -0.322. The zero-order valence-electron chi connectivity index (χ0n) is 9.69. The Bertz CT molecular complexity index is 472. The number of hydrogen-bond donors (Lipinski definition) is 1. The number of hydrogen-bond acceptors (Lipinski definition) is 2. The molecule has 0 aliphatic heterocycles. The highest BCUT2D eigenvalue weighted by molar-refractivity contribution is 9.11. The Morgan fingerprint density at radius 1 is 1.44 bits per heavy atom. The third-order valence-corrected chi connectivity index (χ3v) is 3.25. The van der Waals surface area contributed by atoms with Crippen molar-refractivity contribution in [2.24, 2.45) is 0 Å². The van der Waals surface area contributed by atoms with Crippen LogP contribution in [0.1, 0.15) is 12.5 Å². The molecule has 1 atom stereocenters. The smallest absolute Gasteiger partial charge is 0.328 e. The monoisotopic (exact) mass is 374 g/mol. The van der Waals surface area contributed by atoms with Crippen molar-refractivity contribution in [3.05, 3.63) is 45.4 Å². The van der Waals surface area contributed by atoms with Gasteiger partial charge in [-0.25, -0.2) is 4.79 Å². The van der Waals surface area contributed by atoms with Crippen LogP contribution in [0.3, 0.4) is 0 Å². The van der Waals surface area contributed by atoms with Crippen molar-refractivity contribution in [1.82, 2.24) is 0 Å². The summed E-state index contributed by atoms with van der Waals surface area (Å²) >= 11 is 6.78. The molecule has 18 heavy (non-hydrogen) atoms. The Kier molecular flexibility index (Phi) is 5.62. The molecule has 0 aliphatic carbocycles. The van der Waals surface area contributed by atoms with Crippen LogP contribution in [0, 0.1) is 0 Å². The van der Waals surface area contributed by atoms with Gasteiger partial charge in [0.25, 0.3) is 0 Å². The minimum Gasteiger partial charge on any atom is -0.484 e. The fourth-order valence-corrected chi connectivity index (χ4v) is 2.60. The fourth-order valence-electron chi connectivity index (χ4n) is 1.19. The predicted octanol–water partition coefficient (Wildman–Crippen LogP) is 4.26. The van der Waals surface area contributed by atoms with E-state index in [1.54, 1.807) is 18.2 Å². The first-order valence-electron chi connectivity index (χ1n) is 5.13. The number of carboxylic acids is 1. The molecule has 1 aromatic carbocycles. The van der Waals surface area contributed by atoms with E-state index < -0.39 is 5.97 Å². The van der Waals surface area contributed by atoms with Crippen LogP contribution in [-0.2, 0) is 4.79 Å². The molecule has 0 aromatic heterocycles.